The zero-order valence-electron chi connectivity index (χ0n) is 11.9. The Morgan fingerprint density at radius 3 is 2.70 bits per heavy atom. The molecule has 5 nitrogen and oxygen atoms in total. The van der Waals surface area contributed by atoms with E-state index in [9.17, 15) is 5.11 Å². The van der Waals surface area contributed by atoms with Gasteiger partial charge in [-0.2, -0.15) is 0 Å². The fraction of sp³-hybridized carbons (Fsp3) is 0.600. The minimum atomic E-state index is -0.936. The first-order chi connectivity index (χ1) is 9.65. The summed E-state index contributed by atoms with van der Waals surface area (Å²) < 4.78 is 11.1. The monoisotopic (exact) mass is 281 g/mol. The molecule has 0 bridgehead atoms. The zero-order valence-corrected chi connectivity index (χ0v) is 11.9. The molecule has 5 heteroatoms. The van der Waals surface area contributed by atoms with Gasteiger partial charge in [-0.3, -0.25) is 4.90 Å². The van der Waals surface area contributed by atoms with Crippen LogP contribution < -0.4 is 9.47 Å². The zero-order chi connectivity index (χ0) is 14.4. The normalized spacial score (nSPS) is 22.9. The first kappa shape index (κ1) is 15.1. The molecule has 1 heterocycles. The quantitative estimate of drug-likeness (QED) is 0.777. The van der Waals surface area contributed by atoms with Gasteiger partial charge in [0.2, 0.25) is 0 Å². The maximum absolute atomic E-state index is 9.93. The van der Waals surface area contributed by atoms with Crippen LogP contribution in [-0.4, -0.2) is 60.2 Å². The van der Waals surface area contributed by atoms with Crippen LogP contribution in [0.25, 0.3) is 0 Å². The summed E-state index contributed by atoms with van der Waals surface area (Å²) in [4.78, 5) is 2.10. The summed E-state index contributed by atoms with van der Waals surface area (Å²) in [5.41, 5.74) is -0.936. The van der Waals surface area contributed by atoms with E-state index in [0.29, 0.717) is 26.2 Å². The molecule has 0 saturated carbocycles. The second-order valence-corrected chi connectivity index (χ2v) is 5.16. The summed E-state index contributed by atoms with van der Waals surface area (Å²) >= 11 is 0. The molecule has 1 aromatic rings. The molecule has 1 aliphatic rings. The van der Waals surface area contributed by atoms with Crippen LogP contribution >= 0.6 is 0 Å². The van der Waals surface area contributed by atoms with E-state index < -0.39 is 5.60 Å². The predicted molar refractivity (Wildman–Crippen MR) is 76.2 cm³/mol. The van der Waals surface area contributed by atoms with Crippen LogP contribution in [0.4, 0.5) is 0 Å². The highest BCUT2D eigenvalue weighted by Crippen LogP contribution is 2.21. The number of hydrogen-bond donors (Lipinski definition) is 2. The minimum absolute atomic E-state index is 0.180. The third kappa shape index (κ3) is 4.10. The summed E-state index contributed by atoms with van der Waals surface area (Å²) in [5, 5.41) is 19.0. The van der Waals surface area contributed by atoms with Gasteiger partial charge in [-0.1, -0.05) is 6.07 Å². The minimum Gasteiger partial charge on any atom is -0.494 e. The molecule has 1 fully saturated rings. The second kappa shape index (κ2) is 6.92. The van der Waals surface area contributed by atoms with Crippen LogP contribution in [0.15, 0.2) is 24.3 Å². The Hall–Kier alpha value is -1.30. The first-order valence-corrected chi connectivity index (χ1v) is 7.06. The number of β-amino-alcohol motifs (C(OH)–C–C–N with tert-alkyl or cyclic N) is 1. The Kier molecular flexibility index (Phi) is 5.23. The van der Waals surface area contributed by atoms with Gasteiger partial charge in [-0.25, -0.2) is 0 Å². The molecule has 1 atom stereocenters. The summed E-state index contributed by atoms with van der Waals surface area (Å²) in [6.07, 6.45) is 0.614. The van der Waals surface area contributed by atoms with Crippen molar-refractivity contribution in [3.8, 4) is 11.5 Å². The van der Waals surface area contributed by atoms with Gasteiger partial charge in [0.05, 0.1) is 13.2 Å². The molecule has 0 amide bonds. The van der Waals surface area contributed by atoms with E-state index in [2.05, 4.69) is 4.90 Å². The van der Waals surface area contributed by atoms with Crippen molar-refractivity contribution in [3.05, 3.63) is 24.3 Å². The van der Waals surface area contributed by atoms with Gasteiger partial charge >= 0.3 is 0 Å². The van der Waals surface area contributed by atoms with Gasteiger partial charge in [0, 0.05) is 25.7 Å². The van der Waals surface area contributed by atoms with Crippen LogP contribution in [0, 0.1) is 0 Å². The number of ether oxygens (including phenoxy) is 2. The van der Waals surface area contributed by atoms with Crippen molar-refractivity contribution in [1.82, 2.24) is 4.90 Å². The summed E-state index contributed by atoms with van der Waals surface area (Å²) in [5.74, 6) is 1.59. The van der Waals surface area contributed by atoms with E-state index in [0.717, 1.165) is 24.6 Å². The molecule has 0 aliphatic carbocycles. The smallest absolute Gasteiger partial charge is 0.123 e. The van der Waals surface area contributed by atoms with Crippen LogP contribution in [-0.2, 0) is 0 Å². The lowest BCUT2D eigenvalue weighted by molar-refractivity contribution is -0.00590. The standard InChI is InChI=1S/C15H23NO4/c1-2-19-13-4-3-5-14(10-13)20-9-8-16-7-6-15(18,11-16)12-17/h3-5,10,17-18H,2,6-9,11-12H2,1H3. The number of benzene rings is 1. The molecular formula is C15H23NO4. The highest BCUT2D eigenvalue weighted by molar-refractivity contribution is 5.32. The number of likely N-dealkylation sites (tertiary alicyclic amines) is 1. The molecule has 1 aromatic carbocycles. The second-order valence-electron chi connectivity index (χ2n) is 5.16. The lowest BCUT2D eigenvalue weighted by Gasteiger charge is -2.20. The molecular weight excluding hydrogens is 258 g/mol. The highest BCUT2D eigenvalue weighted by atomic mass is 16.5. The Balaban J connectivity index is 1.75. The van der Waals surface area contributed by atoms with Crippen molar-refractivity contribution >= 4 is 0 Å². The molecule has 1 unspecified atom stereocenters. The van der Waals surface area contributed by atoms with Crippen LogP contribution in [0.3, 0.4) is 0 Å². The molecule has 0 spiro atoms. The molecule has 1 saturated heterocycles. The molecule has 2 rings (SSSR count). The average Bonchev–Trinajstić information content (AvgIpc) is 2.82. The van der Waals surface area contributed by atoms with Crippen molar-refractivity contribution < 1.29 is 19.7 Å². The highest BCUT2D eigenvalue weighted by Gasteiger charge is 2.34. The number of nitrogens with zero attached hydrogens (tertiary/aromatic N) is 1. The number of aliphatic hydroxyl groups is 2. The summed E-state index contributed by atoms with van der Waals surface area (Å²) in [6, 6.07) is 7.58. The van der Waals surface area contributed by atoms with Crippen molar-refractivity contribution in [2.24, 2.45) is 0 Å². The van der Waals surface area contributed by atoms with Crippen LogP contribution in [0.1, 0.15) is 13.3 Å². The van der Waals surface area contributed by atoms with E-state index in [4.69, 9.17) is 14.6 Å². The molecule has 2 N–H and O–H groups in total. The molecule has 1 aliphatic heterocycles. The SMILES string of the molecule is CCOc1cccc(OCCN2CCC(O)(CO)C2)c1. The van der Waals surface area contributed by atoms with E-state index >= 15 is 0 Å². The number of rotatable bonds is 7. The van der Waals surface area contributed by atoms with Crippen molar-refractivity contribution in [1.29, 1.82) is 0 Å². The van der Waals surface area contributed by atoms with Gasteiger partial charge in [0.15, 0.2) is 0 Å². The van der Waals surface area contributed by atoms with E-state index in [1.807, 2.05) is 31.2 Å². The van der Waals surface area contributed by atoms with Gasteiger partial charge < -0.3 is 19.7 Å². The van der Waals surface area contributed by atoms with Crippen LogP contribution in [0.5, 0.6) is 11.5 Å². The maximum atomic E-state index is 9.93. The fourth-order valence-corrected chi connectivity index (χ4v) is 2.37. The third-order valence-electron chi connectivity index (χ3n) is 3.50. The molecule has 0 radical (unpaired) electrons. The van der Waals surface area contributed by atoms with Gasteiger partial charge in [0.1, 0.15) is 23.7 Å². The molecule has 112 valence electrons. The topological polar surface area (TPSA) is 62.2 Å². The Morgan fingerprint density at radius 2 is 2.05 bits per heavy atom. The molecule has 0 aromatic heterocycles. The summed E-state index contributed by atoms with van der Waals surface area (Å²) in [7, 11) is 0. The summed E-state index contributed by atoms with van der Waals surface area (Å²) in [6.45, 7) is 4.99. The van der Waals surface area contributed by atoms with E-state index in [1.165, 1.54) is 0 Å². The van der Waals surface area contributed by atoms with Gasteiger partial charge in [-0.05, 0) is 25.5 Å². The lowest BCUT2D eigenvalue weighted by atomic mass is 10.1. The fourth-order valence-electron chi connectivity index (χ4n) is 2.37. The Labute approximate surface area is 119 Å². The first-order valence-electron chi connectivity index (χ1n) is 7.06. The van der Waals surface area contributed by atoms with Crippen LogP contribution in [0.2, 0.25) is 0 Å². The van der Waals surface area contributed by atoms with Crippen molar-refractivity contribution in [2.45, 2.75) is 18.9 Å². The van der Waals surface area contributed by atoms with E-state index in [-0.39, 0.29) is 6.61 Å². The number of hydrogen-bond acceptors (Lipinski definition) is 5. The van der Waals surface area contributed by atoms with Gasteiger partial charge in [-0.15, -0.1) is 0 Å². The Bertz CT molecular complexity index is 426. The van der Waals surface area contributed by atoms with Gasteiger partial charge in [0.25, 0.3) is 0 Å². The maximum Gasteiger partial charge on any atom is 0.123 e. The average molecular weight is 281 g/mol. The predicted octanol–water partition coefficient (Wildman–Crippen LogP) is 0.893. The van der Waals surface area contributed by atoms with Crippen molar-refractivity contribution in [2.75, 3.05) is 39.5 Å². The third-order valence-corrected chi connectivity index (χ3v) is 3.50. The Morgan fingerprint density at radius 1 is 1.30 bits per heavy atom. The number of aliphatic hydroxyl groups excluding tert-OH is 1. The molecule has 20 heavy (non-hydrogen) atoms. The lowest BCUT2D eigenvalue weighted by Crippen LogP contribution is -2.37. The van der Waals surface area contributed by atoms with E-state index in [1.54, 1.807) is 0 Å². The largest absolute Gasteiger partial charge is 0.494 e. The van der Waals surface area contributed by atoms with Crippen molar-refractivity contribution in [3.63, 3.8) is 0 Å².